The van der Waals surface area contributed by atoms with Crippen LogP contribution in [-0.4, -0.2) is 42.3 Å². The second-order valence-electron chi connectivity index (χ2n) is 8.41. The lowest BCUT2D eigenvalue weighted by Gasteiger charge is -2.34. The molecule has 1 aliphatic heterocycles. The van der Waals surface area contributed by atoms with Crippen LogP contribution in [0.5, 0.6) is 5.75 Å². The molecule has 0 unspecified atom stereocenters. The van der Waals surface area contributed by atoms with Gasteiger partial charge in [0.1, 0.15) is 17.4 Å². The first-order chi connectivity index (χ1) is 16.5. The molecular weight excluding hydrogens is 435 g/mol. The molecule has 0 fully saturated rings. The van der Waals surface area contributed by atoms with Gasteiger partial charge in [-0.25, -0.2) is 9.37 Å². The Morgan fingerprint density at radius 2 is 2.06 bits per heavy atom. The van der Waals surface area contributed by atoms with Crippen molar-refractivity contribution >= 4 is 17.5 Å². The summed E-state index contributed by atoms with van der Waals surface area (Å²) in [4.78, 5) is 15.7. The second-order valence-corrected chi connectivity index (χ2v) is 8.41. The fourth-order valence-electron chi connectivity index (χ4n) is 4.27. The van der Waals surface area contributed by atoms with Crippen LogP contribution in [0.25, 0.3) is 0 Å². The summed E-state index contributed by atoms with van der Waals surface area (Å²) in [6.07, 6.45) is 1.92. The van der Waals surface area contributed by atoms with Crippen LogP contribution in [-0.2, 0) is 11.2 Å². The lowest BCUT2D eigenvalue weighted by Crippen LogP contribution is -2.44. The number of anilines is 2. The average Bonchev–Trinajstić information content (AvgIpc) is 2.86. The molecule has 8 heteroatoms. The summed E-state index contributed by atoms with van der Waals surface area (Å²) < 4.78 is 18.9. The van der Waals surface area contributed by atoms with Gasteiger partial charge in [-0.05, 0) is 37.1 Å². The van der Waals surface area contributed by atoms with Crippen LogP contribution in [0, 0.1) is 5.82 Å². The number of benzene rings is 2. The van der Waals surface area contributed by atoms with Crippen LogP contribution in [0.1, 0.15) is 35.6 Å². The summed E-state index contributed by atoms with van der Waals surface area (Å²) >= 11 is 0. The first kappa shape index (κ1) is 23.5. The van der Waals surface area contributed by atoms with Crippen LogP contribution in [0.2, 0.25) is 0 Å². The number of ether oxygens (including phenoxy) is 1. The third kappa shape index (κ3) is 5.28. The van der Waals surface area contributed by atoms with E-state index < -0.39 is 11.9 Å². The molecule has 2 heterocycles. The highest BCUT2D eigenvalue weighted by Gasteiger charge is 2.27. The molecule has 0 radical (unpaired) electrons. The average molecular weight is 465 g/mol. The third-order valence-electron chi connectivity index (χ3n) is 6.16. The molecule has 3 aromatic rings. The molecular formula is C26H29FN4O3. The maximum absolute atomic E-state index is 13.5. The Balaban J connectivity index is 1.49. The Morgan fingerprint density at radius 3 is 2.79 bits per heavy atom. The fraction of sp³-hybridized carbons (Fsp3) is 0.308. The van der Waals surface area contributed by atoms with Crippen LogP contribution >= 0.6 is 0 Å². The first-order valence-corrected chi connectivity index (χ1v) is 11.3. The van der Waals surface area contributed by atoms with E-state index in [9.17, 15) is 14.3 Å². The van der Waals surface area contributed by atoms with Crippen molar-refractivity contribution in [1.29, 1.82) is 0 Å². The second kappa shape index (κ2) is 10.5. The molecule has 1 aromatic heterocycles. The molecule has 7 nitrogen and oxygen atoms in total. The number of rotatable bonds is 9. The fourth-order valence-corrected chi connectivity index (χ4v) is 4.27. The summed E-state index contributed by atoms with van der Waals surface area (Å²) in [5.41, 5.74) is 3.48. The summed E-state index contributed by atoms with van der Waals surface area (Å²) in [6, 6.07) is 17.3. The number of hydrogen-bond donors (Lipinski definition) is 4. The summed E-state index contributed by atoms with van der Waals surface area (Å²) in [6.45, 7) is 2.94. The number of nitrogens with zero attached hydrogens (tertiary/aromatic N) is 1. The van der Waals surface area contributed by atoms with Gasteiger partial charge in [-0.3, -0.25) is 4.79 Å². The van der Waals surface area contributed by atoms with E-state index in [0.29, 0.717) is 42.3 Å². The van der Waals surface area contributed by atoms with Gasteiger partial charge < -0.3 is 25.8 Å². The van der Waals surface area contributed by atoms with Crippen molar-refractivity contribution in [2.24, 2.45) is 0 Å². The number of carboxylic acid groups (broad SMARTS) is 1. The zero-order chi connectivity index (χ0) is 24.1. The van der Waals surface area contributed by atoms with E-state index in [1.165, 1.54) is 12.3 Å². The van der Waals surface area contributed by atoms with Gasteiger partial charge in [0.2, 0.25) is 0 Å². The number of pyridine rings is 1. The van der Waals surface area contributed by atoms with Gasteiger partial charge in [-0.1, -0.05) is 42.5 Å². The minimum atomic E-state index is -0.887. The molecule has 178 valence electrons. The molecule has 0 saturated heterocycles. The van der Waals surface area contributed by atoms with Gasteiger partial charge in [-0.15, -0.1) is 0 Å². The maximum Gasteiger partial charge on any atom is 0.310 e. The summed E-state index contributed by atoms with van der Waals surface area (Å²) in [5.74, 6) is -0.714. The number of hydrogen-bond acceptors (Lipinski definition) is 6. The topological polar surface area (TPSA) is 95.5 Å². The standard InChI is InChI=1S/C26H29FN4O3/c1-16(26(32)33)20-12-17(8-9-23(20)34-2)10-11-28-24(18-6-4-3-5-7-18)22-15-29-21-13-19(27)14-30-25(21)31-22/h3-9,12-14,16,22,24,28-29H,10-11,15H2,1-2H3,(H,30,31)(H,32,33)/t16-,22+,24+/m0/s1. The molecule has 1 aliphatic rings. The largest absolute Gasteiger partial charge is 0.496 e. The Labute approximate surface area is 198 Å². The zero-order valence-electron chi connectivity index (χ0n) is 19.2. The van der Waals surface area contributed by atoms with E-state index in [2.05, 4.69) is 33.1 Å². The number of carboxylic acids is 1. The maximum atomic E-state index is 13.5. The third-order valence-corrected chi connectivity index (χ3v) is 6.16. The SMILES string of the molecule is COc1ccc(CCN[C@H](c2ccccc2)[C@H]2CNc3cc(F)cnc3N2)cc1[C@H](C)C(=O)O. The van der Waals surface area contributed by atoms with E-state index in [4.69, 9.17) is 4.74 Å². The number of carbonyl (C=O) groups is 1. The van der Waals surface area contributed by atoms with Crippen molar-refractivity contribution < 1.29 is 19.0 Å². The minimum Gasteiger partial charge on any atom is -0.496 e. The van der Waals surface area contributed by atoms with Crippen molar-refractivity contribution in [2.75, 3.05) is 30.8 Å². The Bertz CT molecular complexity index is 1140. The molecule has 4 rings (SSSR count). The van der Waals surface area contributed by atoms with Crippen molar-refractivity contribution in [3.63, 3.8) is 0 Å². The highest BCUT2D eigenvalue weighted by Crippen LogP contribution is 2.30. The number of halogens is 1. The molecule has 3 atom stereocenters. The van der Waals surface area contributed by atoms with Gasteiger partial charge in [0.15, 0.2) is 0 Å². The van der Waals surface area contributed by atoms with E-state index in [0.717, 1.165) is 11.1 Å². The lowest BCUT2D eigenvalue weighted by molar-refractivity contribution is -0.138. The number of nitrogens with one attached hydrogen (secondary N) is 3. The molecule has 0 aliphatic carbocycles. The van der Waals surface area contributed by atoms with E-state index >= 15 is 0 Å². The predicted molar refractivity (Wildman–Crippen MR) is 130 cm³/mol. The molecule has 34 heavy (non-hydrogen) atoms. The Kier molecular flexibility index (Phi) is 7.27. The summed E-state index contributed by atoms with van der Waals surface area (Å²) in [7, 11) is 1.55. The van der Waals surface area contributed by atoms with Crippen LogP contribution in [0.3, 0.4) is 0 Å². The molecule has 0 bridgehead atoms. The zero-order valence-corrected chi connectivity index (χ0v) is 19.2. The molecule has 0 spiro atoms. The number of methoxy groups -OCH3 is 1. The van der Waals surface area contributed by atoms with Crippen molar-refractivity contribution in [1.82, 2.24) is 10.3 Å². The minimum absolute atomic E-state index is 0.00803. The quantitative estimate of drug-likeness (QED) is 0.377. The lowest BCUT2D eigenvalue weighted by atomic mass is 9.96. The van der Waals surface area contributed by atoms with Gasteiger partial charge in [0.25, 0.3) is 0 Å². The molecule has 2 aromatic carbocycles. The normalized spacial score (nSPS) is 16.5. The van der Waals surface area contributed by atoms with Crippen LogP contribution < -0.4 is 20.7 Å². The number of fused-ring (bicyclic) bond motifs is 1. The van der Waals surface area contributed by atoms with Crippen LogP contribution in [0.15, 0.2) is 60.8 Å². The molecule has 0 amide bonds. The van der Waals surface area contributed by atoms with Gasteiger partial charge in [-0.2, -0.15) is 0 Å². The monoisotopic (exact) mass is 464 g/mol. The highest BCUT2D eigenvalue weighted by molar-refractivity contribution is 5.76. The number of aliphatic carboxylic acids is 1. The smallest absolute Gasteiger partial charge is 0.310 e. The first-order valence-electron chi connectivity index (χ1n) is 11.3. The van der Waals surface area contributed by atoms with Crippen molar-refractivity contribution in [2.45, 2.75) is 31.3 Å². The summed E-state index contributed by atoms with van der Waals surface area (Å²) in [5, 5.41) is 19.8. The van der Waals surface area contributed by atoms with E-state index in [-0.39, 0.29) is 17.9 Å². The van der Waals surface area contributed by atoms with Crippen molar-refractivity contribution in [3.05, 3.63) is 83.3 Å². The van der Waals surface area contributed by atoms with E-state index in [1.54, 1.807) is 14.0 Å². The van der Waals surface area contributed by atoms with Crippen molar-refractivity contribution in [3.8, 4) is 5.75 Å². The predicted octanol–water partition coefficient (Wildman–Crippen LogP) is 4.20. The number of aromatic nitrogens is 1. The van der Waals surface area contributed by atoms with Gasteiger partial charge >= 0.3 is 5.97 Å². The van der Waals surface area contributed by atoms with Crippen LogP contribution in [0.4, 0.5) is 15.9 Å². The van der Waals surface area contributed by atoms with Gasteiger partial charge in [0.05, 0.1) is 37.0 Å². The molecule has 0 saturated carbocycles. The Morgan fingerprint density at radius 1 is 1.26 bits per heavy atom. The van der Waals surface area contributed by atoms with E-state index in [1.807, 2.05) is 36.4 Å². The molecule has 4 N–H and O–H groups in total. The van der Waals surface area contributed by atoms with Gasteiger partial charge in [0, 0.05) is 18.2 Å². The highest BCUT2D eigenvalue weighted by atomic mass is 19.1. The Hall–Kier alpha value is -3.65.